The molecule has 3 rings (SSSR count). The molecule has 3 aromatic rings. The molecule has 8 nitrogen and oxygen atoms in total. The molecule has 0 fully saturated rings. The fourth-order valence-corrected chi connectivity index (χ4v) is 3.67. The topological polar surface area (TPSA) is 111 Å². The first-order valence-corrected chi connectivity index (χ1v) is 9.87. The van der Waals surface area contributed by atoms with Crippen LogP contribution in [0, 0.1) is 0 Å². The van der Waals surface area contributed by atoms with Gasteiger partial charge < -0.3 is 9.67 Å². The first-order chi connectivity index (χ1) is 13.0. The molecule has 0 bridgehead atoms. The third kappa shape index (κ3) is 3.54. The van der Waals surface area contributed by atoms with Crippen LogP contribution in [0.15, 0.2) is 23.2 Å². The van der Waals surface area contributed by atoms with Gasteiger partial charge in [-0.15, -0.1) is 10.2 Å². The van der Waals surface area contributed by atoms with Gasteiger partial charge in [0.25, 0.3) is 0 Å². The van der Waals surface area contributed by atoms with E-state index in [0.717, 1.165) is 18.3 Å². The normalized spacial score (nSPS) is 13.8. The summed E-state index contributed by atoms with van der Waals surface area (Å²) in [6.07, 6.45) is -3.54. The summed E-state index contributed by atoms with van der Waals surface area (Å²) in [5, 5.41) is 16.2. The smallest absolute Gasteiger partial charge is 0.373 e. The number of sulfone groups is 1. The Morgan fingerprint density at radius 2 is 1.96 bits per heavy atom. The predicted molar refractivity (Wildman–Crippen MR) is 93.1 cm³/mol. The Morgan fingerprint density at radius 1 is 1.29 bits per heavy atom. The highest BCUT2D eigenvalue weighted by Gasteiger charge is 2.34. The Kier molecular flexibility index (Phi) is 5.06. The average Bonchev–Trinajstić information content (AvgIpc) is 2.96. The van der Waals surface area contributed by atoms with Crippen molar-refractivity contribution in [3.8, 4) is 11.5 Å². The fourth-order valence-electron chi connectivity index (χ4n) is 2.49. The summed E-state index contributed by atoms with van der Waals surface area (Å²) in [5.41, 5.74) is -2.85. The molecule has 0 saturated carbocycles. The molecule has 3 aromatic heterocycles. The Labute approximate surface area is 161 Å². The highest BCUT2D eigenvalue weighted by atomic mass is 35.5. The highest BCUT2D eigenvalue weighted by molar-refractivity contribution is 7.91. The van der Waals surface area contributed by atoms with E-state index in [4.69, 9.17) is 11.6 Å². The lowest BCUT2D eigenvalue weighted by atomic mass is 10.2. The van der Waals surface area contributed by atoms with E-state index >= 15 is 0 Å². The lowest BCUT2D eigenvalue weighted by Crippen LogP contribution is -2.10. The molecule has 13 heteroatoms. The number of imidazole rings is 1. The average molecular weight is 436 g/mol. The Balaban J connectivity index is 2.29. The van der Waals surface area contributed by atoms with E-state index in [1.807, 2.05) is 0 Å². The molecule has 0 radical (unpaired) electrons. The zero-order valence-corrected chi connectivity index (χ0v) is 16.0. The molecule has 0 saturated heterocycles. The number of rotatable bonds is 4. The number of hydrogen-bond acceptors (Lipinski definition) is 7. The van der Waals surface area contributed by atoms with Crippen molar-refractivity contribution in [2.24, 2.45) is 7.05 Å². The van der Waals surface area contributed by atoms with Crippen LogP contribution in [0.3, 0.4) is 0 Å². The second-order valence-corrected chi connectivity index (χ2v) is 8.45. The summed E-state index contributed by atoms with van der Waals surface area (Å²) in [6, 6.07) is 1.88. The molecule has 0 spiro atoms. The fraction of sp³-hybridized carbons (Fsp3) is 0.333. The zero-order valence-electron chi connectivity index (χ0n) is 14.4. The monoisotopic (exact) mass is 435 g/mol. The number of pyridine rings is 1. The van der Waals surface area contributed by atoms with Crippen LogP contribution in [0.4, 0.5) is 13.2 Å². The summed E-state index contributed by atoms with van der Waals surface area (Å²) in [4.78, 5) is 7.86. The summed E-state index contributed by atoms with van der Waals surface area (Å²) in [5.74, 6) is -0.294. The van der Waals surface area contributed by atoms with Crippen molar-refractivity contribution in [1.82, 2.24) is 24.7 Å². The van der Waals surface area contributed by atoms with Crippen LogP contribution in [0.5, 0.6) is 0 Å². The molecule has 3 heterocycles. The van der Waals surface area contributed by atoms with Gasteiger partial charge in [-0.2, -0.15) is 13.2 Å². The Hall–Kier alpha value is -2.31. The van der Waals surface area contributed by atoms with Gasteiger partial charge in [0.15, 0.2) is 32.6 Å². The zero-order chi connectivity index (χ0) is 20.9. The SMILES string of the molecule is CCS(=O)(=O)c1cc(C(O)Cl)cnc1-c1nc2cc(C(F)(F)F)nnc2n1C. The summed E-state index contributed by atoms with van der Waals surface area (Å²) >= 11 is 5.60. The van der Waals surface area contributed by atoms with Crippen LogP contribution >= 0.6 is 11.6 Å². The molecule has 0 aliphatic carbocycles. The number of aliphatic hydroxyl groups is 1. The maximum atomic E-state index is 12.9. The molecule has 0 aromatic carbocycles. The van der Waals surface area contributed by atoms with E-state index in [9.17, 15) is 26.7 Å². The van der Waals surface area contributed by atoms with Crippen molar-refractivity contribution in [2.75, 3.05) is 5.75 Å². The summed E-state index contributed by atoms with van der Waals surface area (Å²) < 4.78 is 64.9. The minimum Gasteiger partial charge on any atom is -0.373 e. The van der Waals surface area contributed by atoms with E-state index in [1.54, 1.807) is 0 Å². The summed E-state index contributed by atoms with van der Waals surface area (Å²) in [7, 11) is -2.37. The lowest BCUT2D eigenvalue weighted by molar-refractivity contribution is -0.141. The molecular formula is C15H13ClF3N5O3S. The molecule has 1 atom stereocenters. The number of aromatic nitrogens is 5. The van der Waals surface area contributed by atoms with Gasteiger partial charge in [-0.1, -0.05) is 18.5 Å². The van der Waals surface area contributed by atoms with Crippen LogP contribution in [0.25, 0.3) is 22.7 Å². The molecule has 0 aliphatic heterocycles. The number of alkyl halides is 4. The van der Waals surface area contributed by atoms with Crippen LogP contribution < -0.4 is 0 Å². The van der Waals surface area contributed by atoms with Crippen molar-refractivity contribution in [3.63, 3.8) is 0 Å². The number of hydrogen-bond donors (Lipinski definition) is 1. The quantitative estimate of drug-likeness (QED) is 0.626. The molecule has 0 amide bonds. The van der Waals surface area contributed by atoms with E-state index < -0.39 is 27.3 Å². The van der Waals surface area contributed by atoms with Gasteiger partial charge in [0.2, 0.25) is 0 Å². The van der Waals surface area contributed by atoms with Crippen molar-refractivity contribution in [2.45, 2.75) is 23.6 Å². The van der Waals surface area contributed by atoms with Crippen LogP contribution in [0.2, 0.25) is 0 Å². The number of nitrogens with zero attached hydrogens (tertiary/aromatic N) is 5. The third-order valence-corrected chi connectivity index (χ3v) is 5.98. The van der Waals surface area contributed by atoms with E-state index in [0.29, 0.717) is 0 Å². The van der Waals surface area contributed by atoms with E-state index in [2.05, 4.69) is 20.2 Å². The van der Waals surface area contributed by atoms with Crippen molar-refractivity contribution in [3.05, 3.63) is 29.6 Å². The Bertz CT molecular complexity index is 1160. The van der Waals surface area contributed by atoms with E-state index in [1.165, 1.54) is 18.5 Å². The first-order valence-electron chi connectivity index (χ1n) is 7.78. The van der Waals surface area contributed by atoms with Gasteiger partial charge in [-0.05, 0) is 6.07 Å². The number of aliphatic hydroxyl groups excluding tert-OH is 1. The Morgan fingerprint density at radius 3 is 2.54 bits per heavy atom. The number of halogens is 4. The third-order valence-electron chi connectivity index (χ3n) is 3.98. The second kappa shape index (κ2) is 6.94. The predicted octanol–water partition coefficient (Wildman–Crippen LogP) is 2.47. The summed E-state index contributed by atoms with van der Waals surface area (Å²) in [6.45, 7) is 1.42. The maximum absolute atomic E-state index is 12.9. The highest BCUT2D eigenvalue weighted by Crippen LogP contribution is 2.32. The number of fused-ring (bicyclic) bond motifs is 1. The largest absolute Gasteiger partial charge is 0.435 e. The van der Waals surface area contributed by atoms with E-state index in [-0.39, 0.29) is 38.9 Å². The van der Waals surface area contributed by atoms with Gasteiger partial charge in [0.1, 0.15) is 11.2 Å². The van der Waals surface area contributed by atoms with Gasteiger partial charge in [0, 0.05) is 24.9 Å². The molecule has 1 N–H and O–H groups in total. The lowest BCUT2D eigenvalue weighted by Gasteiger charge is -2.11. The first kappa shape index (κ1) is 20.4. The maximum Gasteiger partial charge on any atom is 0.435 e. The standard InChI is InChI=1S/C15H13ClF3N5O3S/c1-3-28(26,27)9-4-7(12(16)25)6-20-11(9)14-21-8-5-10(15(17,18)19)22-23-13(8)24(14)2/h4-6,12,25H,3H2,1-2H3. The molecular weight excluding hydrogens is 423 g/mol. The molecule has 0 aliphatic rings. The second-order valence-electron chi connectivity index (χ2n) is 5.79. The van der Waals surface area contributed by atoms with Gasteiger partial charge >= 0.3 is 6.18 Å². The van der Waals surface area contributed by atoms with Crippen LogP contribution in [0.1, 0.15) is 23.7 Å². The van der Waals surface area contributed by atoms with Crippen molar-refractivity contribution in [1.29, 1.82) is 0 Å². The van der Waals surface area contributed by atoms with Gasteiger partial charge in [-0.3, -0.25) is 4.98 Å². The number of aryl methyl sites for hydroxylation is 1. The molecule has 1 unspecified atom stereocenters. The van der Waals surface area contributed by atoms with Gasteiger partial charge in [0.05, 0.1) is 10.6 Å². The van der Waals surface area contributed by atoms with Crippen LogP contribution in [-0.2, 0) is 23.1 Å². The minimum absolute atomic E-state index is 0.0195. The van der Waals surface area contributed by atoms with Crippen molar-refractivity contribution < 1.29 is 26.7 Å². The molecule has 150 valence electrons. The van der Waals surface area contributed by atoms with Crippen molar-refractivity contribution >= 4 is 32.6 Å². The van der Waals surface area contributed by atoms with Gasteiger partial charge in [-0.25, -0.2) is 13.4 Å². The van der Waals surface area contributed by atoms with Crippen LogP contribution in [-0.4, -0.2) is 44.0 Å². The minimum atomic E-state index is -4.70. The molecule has 28 heavy (non-hydrogen) atoms.